The molecule has 1 unspecified atom stereocenters. The molecule has 0 aliphatic heterocycles. The van der Waals surface area contributed by atoms with Crippen LogP contribution >= 0.6 is 0 Å². The van der Waals surface area contributed by atoms with E-state index in [0.29, 0.717) is 12.8 Å². The molecule has 0 saturated carbocycles. The van der Waals surface area contributed by atoms with Gasteiger partial charge < -0.3 is 5.11 Å². The molecule has 110 valence electrons. The van der Waals surface area contributed by atoms with Gasteiger partial charge in [0.05, 0.1) is 5.92 Å². The SMILES string of the molecule is Cc1ccc(CC(Cc2ccccc2C)C(=O)O)cc1C. The number of carbonyl (C=O) groups is 1. The van der Waals surface area contributed by atoms with Gasteiger partial charge in [-0.25, -0.2) is 0 Å². The quantitative estimate of drug-likeness (QED) is 0.896. The van der Waals surface area contributed by atoms with Gasteiger partial charge in [-0.1, -0.05) is 42.5 Å². The second kappa shape index (κ2) is 6.57. The Bertz CT molecular complexity index is 644. The maximum Gasteiger partial charge on any atom is 0.307 e. The number of hydrogen-bond acceptors (Lipinski definition) is 1. The second-order valence-electron chi connectivity index (χ2n) is 5.79. The van der Waals surface area contributed by atoms with Crippen molar-refractivity contribution in [2.24, 2.45) is 5.92 Å². The van der Waals surface area contributed by atoms with Crippen LogP contribution in [0.15, 0.2) is 42.5 Å². The van der Waals surface area contributed by atoms with E-state index in [2.05, 4.69) is 26.0 Å². The summed E-state index contributed by atoms with van der Waals surface area (Å²) in [4.78, 5) is 11.6. The summed E-state index contributed by atoms with van der Waals surface area (Å²) in [6, 6.07) is 14.2. The lowest BCUT2D eigenvalue weighted by atomic mass is 9.90. The second-order valence-corrected chi connectivity index (χ2v) is 5.79. The molecule has 2 aromatic carbocycles. The molecule has 2 heteroatoms. The first kappa shape index (κ1) is 15.3. The Balaban J connectivity index is 2.18. The minimum absolute atomic E-state index is 0.381. The Kier molecular flexibility index (Phi) is 4.79. The molecule has 1 atom stereocenters. The molecular formula is C19H22O2. The summed E-state index contributed by atoms with van der Waals surface area (Å²) in [5.74, 6) is -1.11. The Morgan fingerprint density at radius 3 is 2.29 bits per heavy atom. The number of carboxylic acids is 1. The van der Waals surface area contributed by atoms with Crippen LogP contribution in [0.2, 0.25) is 0 Å². The first-order valence-electron chi connectivity index (χ1n) is 7.31. The Hall–Kier alpha value is -2.09. The van der Waals surface area contributed by atoms with Crippen LogP contribution in [0.25, 0.3) is 0 Å². The molecule has 0 heterocycles. The van der Waals surface area contributed by atoms with E-state index in [0.717, 1.165) is 16.7 Å². The van der Waals surface area contributed by atoms with E-state index in [4.69, 9.17) is 0 Å². The van der Waals surface area contributed by atoms with Gasteiger partial charge in [0.1, 0.15) is 0 Å². The standard InChI is InChI=1S/C19H22O2/c1-13-8-9-16(10-15(13)3)11-18(19(20)21)12-17-7-5-4-6-14(17)2/h4-10,18H,11-12H2,1-3H3,(H,20,21). The summed E-state index contributed by atoms with van der Waals surface area (Å²) >= 11 is 0. The van der Waals surface area contributed by atoms with Crippen molar-refractivity contribution in [2.75, 3.05) is 0 Å². The van der Waals surface area contributed by atoms with Crippen LogP contribution in [0.1, 0.15) is 27.8 Å². The van der Waals surface area contributed by atoms with Gasteiger partial charge in [0.25, 0.3) is 0 Å². The normalized spacial score (nSPS) is 12.1. The number of benzene rings is 2. The van der Waals surface area contributed by atoms with Crippen molar-refractivity contribution >= 4 is 5.97 Å². The summed E-state index contributed by atoms with van der Waals surface area (Å²) in [5.41, 5.74) is 5.83. The Labute approximate surface area is 126 Å². The van der Waals surface area contributed by atoms with E-state index in [9.17, 15) is 9.90 Å². The molecule has 2 rings (SSSR count). The molecule has 0 aliphatic rings. The molecule has 0 spiro atoms. The van der Waals surface area contributed by atoms with Crippen LogP contribution in [0.4, 0.5) is 0 Å². The highest BCUT2D eigenvalue weighted by Crippen LogP contribution is 2.19. The molecule has 0 saturated heterocycles. The maximum atomic E-state index is 11.6. The summed E-state index contributed by atoms with van der Waals surface area (Å²) in [6.45, 7) is 6.17. The van der Waals surface area contributed by atoms with Gasteiger partial charge in [0.15, 0.2) is 0 Å². The summed E-state index contributed by atoms with van der Waals surface area (Å²) in [5, 5.41) is 9.51. The summed E-state index contributed by atoms with van der Waals surface area (Å²) < 4.78 is 0. The van der Waals surface area contributed by atoms with Gasteiger partial charge in [-0.2, -0.15) is 0 Å². The lowest BCUT2D eigenvalue weighted by Crippen LogP contribution is -2.19. The van der Waals surface area contributed by atoms with Gasteiger partial charge in [0.2, 0.25) is 0 Å². The largest absolute Gasteiger partial charge is 0.481 e. The fourth-order valence-corrected chi connectivity index (χ4v) is 2.57. The number of aryl methyl sites for hydroxylation is 3. The van der Waals surface area contributed by atoms with E-state index in [1.807, 2.05) is 37.3 Å². The molecule has 2 aromatic rings. The van der Waals surface area contributed by atoms with Crippen molar-refractivity contribution < 1.29 is 9.90 Å². The molecule has 1 N–H and O–H groups in total. The van der Waals surface area contributed by atoms with Gasteiger partial charge in [-0.15, -0.1) is 0 Å². The molecule has 2 nitrogen and oxygen atoms in total. The lowest BCUT2D eigenvalue weighted by Gasteiger charge is -2.15. The van der Waals surface area contributed by atoms with E-state index >= 15 is 0 Å². The minimum atomic E-state index is -0.725. The van der Waals surface area contributed by atoms with E-state index < -0.39 is 5.97 Å². The van der Waals surface area contributed by atoms with Crippen LogP contribution in [0.5, 0.6) is 0 Å². The smallest absolute Gasteiger partial charge is 0.307 e. The maximum absolute atomic E-state index is 11.6. The van der Waals surface area contributed by atoms with E-state index in [1.54, 1.807) is 0 Å². The Morgan fingerprint density at radius 1 is 0.952 bits per heavy atom. The summed E-state index contributed by atoms with van der Waals surface area (Å²) in [7, 11) is 0. The number of carboxylic acid groups (broad SMARTS) is 1. The van der Waals surface area contributed by atoms with Gasteiger partial charge in [0, 0.05) is 0 Å². The predicted octanol–water partition coefficient (Wildman–Crippen LogP) is 4.10. The number of aliphatic carboxylic acids is 1. The zero-order valence-corrected chi connectivity index (χ0v) is 12.9. The molecule has 0 aliphatic carbocycles. The predicted molar refractivity (Wildman–Crippen MR) is 85.6 cm³/mol. The van der Waals surface area contributed by atoms with E-state index in [1.165, 1.54) is 11.1 Å². The fraction of sp³-hybridized carbons (Fsp3) is 0.316. The number of rotatable bonds is 5. The average Bonchev–Trinajstić information content (AvgIpc) is 2.44. The van der Waals surface area contributed by atoms with Crippen LogP contribution in [-0.4, -0.2) is 11.1 Å². The first-order valence-corrected chi connectivity index (χ1v) is 7.31. The third-order valence-corrected chi connectivity index (χ3v) is 4.13. The van der Waals surface area contributed by atoms with Crippen molar-refractivity contribution in [1.29, 1.82) is 0 Å². The highest BCUT2D eigenvalue weighted by molar-refractivity contribution is 5.71. The molecular weight excluding hydrogens is 260 g/mol. The van der Waals surface area contributed by atoms with Crippen molar-refractivity contribution in [1.82, 2.24) is 0 Å². The van der Waals surface area contributed by atoms with Crippen molar-refractivity contribution in [3.05, 3.63) is 70.3 Å². The first-order chi connectivity index (χ1) is 9.97. The molecule has 21 heavy (non-hydrogen) atoms. The van der Waals surface area contributed by atoms with Gasteiger partial charge in [-0.3, -0.25) is 4.79 Å². The van der Waals surface area contributed by atoms with Crippen LogP contribution in [0, 0.1) is 26.7 Å². The highest BCUT2D eigenvalue weighted by Gasteiger charge is 2.19. The topological polar surface area (TPSA) is 37.3 Å². The van der Waals surface area contributed by atoms with Crippen LogP contribution < -0.4 is 0 Å². The fourth-order valence-electron chi connectivity index (χ4n) is 2.57. The minimum Gasteiger partial charge on any atom is -0.481 e. The third kappa shape index (κ3) is 3.94. The van der Waals surface area contributed by atoms with Crippen LogP contribution in [0.3, 0.4) is 0 Å². The Morgan fingerprint density at radius 2 is 1.67 bits per heavy atom. The van der Waals surface area contributed by atoms with Crippen molar-refractivity contribution in [2.45, 2.75) is 33.6 Å². The highest BCUT2D eigenvalue weighted by atomic mass is 16.4. The molecule has 0 aromatic heterocycles. The molecule has 0 amide bonds. The number of hydrogen-bond donors (Lipinski definition) is 1. The lowest BCUT2D eigenvalue weighted by molar-refractivity contribution is -0.141. The zero-order valence-electron chi connectivity index (χ0n) is 12.9. The van der Waals surface area contributed by atoms with Gasteiger partial charge in [-0.05, 0) is 61.4 Å². The monoisotopic (exact) mass is 282 g/mol. The third-order valence-electron chi connectivity index (χ3n) is 4.13. The summed E-state index contributed by atoms with van der Waals surface area (Å²) in [6.07, 6.45) is 1.15. The molecule has 0 bridgehead atoms. The van der Waals surface area contributed by atoms with Crippen LogP contribution in [-0.2, 0) is 17.6 Å². The molecule has 0 radical (unpaired) electrons. The molecule has 0 fully saturated rings. The zero-order chi connectivity index (χ0) is 15.4. The van der Waals surface area contributed by atoms with Crippen molar-refractivity contribution in [3.63, 3.8) is 0 Å². The average molecular weight is 282 g/mol. The van der Waals surface area contributed by atoms with Gasteiger partial charge >= 0.3 is 5.97 Å². The van der Waals surface area contributed by atoms with E-state index in [-0.39, 0.29) is 5.92 Å². The van der Waals surface area contributed by atoms with Crippen molar-refractivity contribution in [3.8, 4) is 0 Å².